The molecule has 1 aliphatic rings. The second-order valence-corrected chi connectivity index (χ2v) is 12.0. The third-order valence-corrected chi connectivity index (χ3v) is 9.27. The number of nitrogens with zero attached hydrogens (tertiary/aromatic N) is 1. The minimum Gasteiger partial charge on any atom is -0.322 e. The van der Waals surface area contributed by atoms with E-state index in [2.05, 4.69) is 10.0 Å². The van der Waals surface area contributed by atoms with E-state index in [0.717, 1.165) is 19.3 Å². The predicted molar refractivity (Wildman–Crippen MR) is 135 cm³/mol. The molecule has 0 unspecified atom stereocenters. The maximum Gasteiger partial charge on any atom is 0.262 e. The highest BCUT2D eigenvalue weighted by Crippen LogP contribution is 2.24. The minimum atomic E-state index is -3.91. The van der Waals surface area contributed by atoms with Crippen LogP contribution in [0, 0.1) is 6.92 Å². The molecule has 2 N–H and O–H groups in total. The fourth-order valence-corrected chi connectivity index (χ4v) is 6.76. The third kappa shape index (κ3) is 5.72. The summed E-state index contributed by atoms with van der Waals surface area (Å²) in [6.07, 6.45) is 2.73. The van der Waals surface area contributed by atoms with Crippen LogP contribution in [0.15, 0.2) is 82.6 Å². The summed E-state index contributed by atoms with van der Waals surface area (Å²) < 4.78 is 55.5. The van der Waals surface area contributed by atoms with Crippen LogP contribution >= 0.6 is 0 Å². The molecule has 3 aromatic rings. The summed E-state index contributed by atoms with van der Waals surface area (Å²) in [5, 5.41) is 2.70. The van der Waals surface area contributed by atoms with Gasteiger partial charge in [-0.25, -0.2) is 16.8 Å². The second-order valence-electron chi connectivity index (χ2n) is 8.40. The first-order valence-electron chi connectivity index (χ1n) is 11.3. The molecule has 8 nitrogen and oxygen atoms in total. The van der Waals surface area contributed by atoms with Crippen molar-refractivity contribution < 1.29 is 21.6 Å². The van der Waals surface area contributed by atoms with Gasteiger partial charge in [0.1, 0.15) is 0 Å². The Morgan fingerprint density at radius 1 is 0.800 bits per heavy atom. The van der Waals surface area contributed by atoms with Crippen molar-refractivity contribution in [2.24, 2.45) is 0 Å². The van der Waals surface area contributed by atoms with Crippen molar-refractivity contribution in [3.8, 4) is 0 Å². The van der Waals surface area contributed by atoms with Gasteiger partial charge in [-0.3, -0.25) is 9.52 Å². The van der Waals surface area contributed by atoms with Crippen LogP contribution in [0.1, 0.15) is 35.2 Å². The molecule has 10 heteroatoms. The molecule has 0 atom stereocenters. The van der Waals surface area contributed by atoms with E-state index in [1.54, 1.807) is 49.4 Å². The molecule has 3 aromatic carbocycles. The van der Waals surface area contributed by atoms with E-state index in [-0.39, 0.29) is 15.4 Å². The van der Waals surface area contributed by atoms with Gasteiger partial charge in [-0.05, 0) is 73.9 Å². The number of piperidine rings is 1. The number of benzene rings is 3. The Labute approximate surface area is 206 Å². The molecule has 1 saturated heterocycles. The highest BCUT2D eigenvalue weighted by molar-refractivity contribution is 7.92. The highest BCUT2D eigenvalue weighted by atomic mass is 32.2. The van der Waals surface area contributed by atoms with Crippen LogP contribution in [-0.2, 0) is 20.0 Å². The van der Waals surface area contributed by atoms with Crippen LogP contribution in [0.4, 0.5) is 11.4 Å². The topological polar surface area (TPSA) is 113 Å². The maximum atomic E-state index is 12.9. The average Bonchev–Trinajstić information content (AvgIpc) is 2.85. The first-order chi connectivity index (χ1) is 16.7. The summed E-state index contributed by atoms with van der Waals surface area (Å²) in [7, 11) is -7.47. The predicted octanol–water partition coefficient (Wildman–Crippen LogP) is 4.22. The number of hydrogen-bond acceptors (Lipinski definition) is 5. The molecule has 1 amide bonds. The van der Waals surface area contributed by atoms with Gasteiger partial charge in [-0.15, -0.1) is 0 Å². The van der Waals surface area contributed by atoms with E-state index >= 15 is 0 Å². The molecule has 0 aliphatic carbocycles. The van der Waals surface area contributed by atoms with Crippen molar-refractivity contribution in [2.75, 3.05) is 23.1 Å². The smallest absolute Gasteiger partial charge is 0.262 e. The summed E-state index contributed by atoms with van der Waals surface area (Å²) in [6.45, 7) is 2.68. The molecule has 4 rings (SSSR count). The molecule has 35 heavy (non-hydrogen) atoms. The number of rotatable bonds is 7. The summed E-state index contributed by atoms with van der Waals surface area (Å²) in [6, 6.07) is 18.9. The molecular weight excluding hydrogens is 486 g/mol. The lowest BCUT2D eigenvalue weighted by Gasteiger charge is -2.25. The standard InChI is InChI=1S/C25H27N3O5S2/c1-19-10-11-20(18-24(19)34(30,31)27-22-8-4-2-5-9-22)25(29)26-21-12-14-23(15-13-21)35(32,33)28-16-6-3-7-17-28/h2,4-5,8-15,18,27H,3,6-7,16-17H2,1H3,(H,26,29). The van der Waals surface area contributed by atoms with Gasteiger partial charge in [0.05, 0.1) is 9.79 Å². The number of nitrogens with one attached hydrogen (secondary N) is 2. The Bertz CT molecular complexity index is 1420. The van der Waals surface area contributed by atoms with E-state index in [0.29, 0.717) is 30.0 Å². The number of sulfonamides is 2. The largest absolute Gasteiger partial charge is 0.322 e. The monoisotopic (exact) mass is 513 g/mol. The van der Waals surface area contributed by atoms with Crippen molar-refractivity contribution in [2.45, 2.75) is 36.0 Å². The number of aryl methyl sites for hydroxylation is 1. The number of amides is 1. The van der Waals surface area contributed by atoms with E-state index < -0.39 is 26.0 Å². The lowest BCUT2D eigenvalue weighted by Crippen LogP contribution is -2.35. The summed E-state index contributed by atoms with van der Waals surface area (Å²) in [5.74, 6) is -0.507. The van der Waals surface area contributed by atoms with Crippen molar-refractivity contribution in [3.05, 3.63) is 83.9 Å². The van der Waals surface area contributed by atoms with Crippen molar-refractivity contribution in [3.63, 3.8) is 0 Å². The zero-order valence-electron chi connectivity index (χ0n) is 19.3. The molecule has 0 radical (unpaired) electrons. The van der Waals surface area contributed by atoms with Crippen LogP contribution in [0.3, 0.4) is 0 Å². The Morgan fingerprint density at radius 2 is 1.46 bits per heavy atom. The third-order valence-electron chi connectivity index (χ3n) is 5.83. The Balaban J connectivity index is 1.50. The van der Waals surface area contributed by atoms with Crippen LogP contribution in [0.2, 0.25) is 0 Å². The minimum absolute atomic E-state index is 0.00280. The van der Waals surface area contributed by atoms with Crippen LogP contribution in [0.5, 0.6) is 0 Å². The van der Waals surface area contributed by atoms with Crippen molar-refractivity contribution >= 4 is 37.3 Å². The average molecular weight is 514 g/mol. The van der Waals surface area contributed by atoms with E-state index in [9.17, 15) is 21.6 Å². The van der Waals surface area contributed by atoms with Gasteiger partial charge < -0.3 is 5.32 Å². The summed E-state index contributed by atoms with van der Waals surface area (Å²) >= 11 is 0. The first kappa shape index (κ1) is 24.9. The van der Waals surface area contributed by atoms with E-state index in [1.165, 1.54) is 34.6 Å². The SMILES string of the molecule is Cc1ccc(C(=O)Nc2ccc(S(=O)(=O)N3CCCCC3)cc2)cc1S(=O)(=O)Nc1ccccc1. The van der Waals surface area contributed by atoms with Crippen LogP contribution in [-0.4, -0.2) is 40.1 Å². The summed E-state index contributed by atoms with van der Waals surface area (Å²) in [5.41, 5.74) is 1.48. The number of carbonyl (C=O) groups is 1. The number of para-hydroxylation sites is 1. The zero-order valence-corrected chi connectivity index (χ0v) is 20.9. The quantitative estimate of drug-likeness (QED) is 0.491. The van der Waals surface area contributed by atoms with Crippen molar-refractivity contribution in [1.29, 1.82) is 0 Å². The van der Waals surface area contributed by atoms with Crippen LogP contribution < -0.4 is 10.0 Å². The fourth-order valence-electron chi connectivity index (χ4n) is 3.91. The molecule has 0 bridgehead atoms. The highest BCUT2D eigenvalue weighted by Gasteiger charge is 2.26. The normalized spacial score (nSPS) is 14.9. The first-order valence-corrected chi connectivity index (χ1v) is 14.2. The van der Waals surface area contributed by atoms with Gasteiger partial charge >= 0.3 is 0 Å². The van der Waals surface area contributed by atoms with Gasteiger partial charge in [0.25, 0.3) is 15.9 Å². The fraction of sp³-hybridized carbons (Fsp3) is 0.240. The summed E-state index contributed by atoms with van der Waals surface area (Å²) in [4.78, 5) is 13.0. The Morgan fingerprint density at radius 3 is 2.11 bits per heavy atom. The molecule has 1 aliphatic heterocycles. The molecule has 0 aromatic heterocycles. The second kappa shape index (κ2) is 10.2. The van der Waals surface area contributed by atoms with Crippen LogP contribution in [0.25, 0.3) is 0 Å². The molecule has 184 valence electrons. The molecular formula is C25H27N3O5S2. The van der Waals surface area contributed by atoms with Crippen molar-refractivity contribution in [1.82, 2.24) is 4.31 Å². The van der Waals surface area contributed by atoms with E-state index in [1.807, 2.05) is 0 Å². The lowest BCUT2D eigenvalue weighted by molar-refractivity contribution is 0.102. The number of carbonyl (C=O) groups excluding carboxylic acids is 1. The number of anilines is 2. The number of hydrogen-bond donors (Lipinski definition) is 2. The molecule has 1 fully saturated rings. The van der Waals surface area contributed by atoms with Gasteiger partial charge in [-0.2, -0.15) is 4.31 Å². The Kier molecular flexibility index (Phi) is 7.25. The van der Waals surface area contributed by atoms with Gasteiger partial charge in [0.2, 0.25) is 10.0 Å². The van der Waals surface area contributed by atoms with Gasteiger partial charge in [0, 0.05) is 30.0 Å². The Hall–Kier alpha value is -3.21. The molecule has 1 heterocycles. The molecule has 0 saturated carbocycles. The maximum absolute atomic E-state index is 12.9. The lowest BCUT2D eigenvalue weighted by atomic mass is 10.1. The van der Waals surface area contributed by atoms with E-state index in [4.69, 9.17) is 0 Å². The molecule has 0 spiro atoms. The zero-order chi connectivity index (χ0) is 25.1. The van der Waals surface area contributed by atoms with Gasteiger partial charge in [-0.1, -0.05) is 30.7 Å². The van der Waals surface area contributed by atoms with Gasteiger partial charge in [0.15, 0.2) is 0 Å².